The molecule has 0 saturated carbocycles. The lowest BCUT2D eigenvalue weighted by Gasteiger charge is -2.31. The number of nitrogens with zero attached hydrogens (tertiary/aromatic N) is 4. The van der Waals surface area contributed by atoms with Crippen molar-refractivity contribution < 1.29 is 13.2 Å². The highest BCUT2D eigenvalue weighted by Gasteiger charge is 2.28. The van der Waals surface area contributed by atoms with E-state index in [4.69, 9.17) is 11.6 Å². The first-order valence-corrected chi connectivity index (χ1v) is 13.0. The maximum atomic E-state index is 13.0. The van der Waals surface area contributed by atoms with Crippen LogP contribution in [0.1, 0.15) is 24.2 Å². The van der Waals surface area contributed by atoms with Crippen LogP contribution < -0.4 is 5.32 Å². The van der Waals surface area contributed by atoms with Crippen LogP contribution >= 0.6 is 34.7 Å². The van der Waals surface area contributed by atoms with Crippen LogP contribution in [0.4, 0.5) is 5.13 Å². The molecular formula is C18H24ClN5O3S3. The highest BCUT2D eigenvalue weighted by molar-refractivity contribution is 8.01. The van der Waals surface area contributed by atoms with Gasteiger partial charge in [-0.15, -0.1) is 10.2 Å². The zero-order valence-corrected chi connectivity index (χ0v) is 20.2. The van der Waals surface area contributed by atoms with Crippen LogP contribution in [0.2, 0.25) is 5.02 Å². The maximum absolute atomic E-state index is 13.0. The predicted molar refractivity (Wildman–Crippen MR) is 121 cm³/mol. The smallest absolute Gasteiger partial charge is 0.259 e. The van der Waals surface area contributed by atoms with Crippen molar-refractivity contribution in [1.82, 2.24) is 19.4 Å². The van der Waals surface area contributed by atoms with Crippen LogP contribution in [-0.2, 0) is 10.0 Å². The van der Waals surface area contributed by atoms with Gasteiger partial charge in [0.15, 0.2) is 4.34 Å². The molecular weight excluding hydrogens is 466 g/mol. The number of piperazine rings is 1. The molecule has 1 amide bonds. The third-order valence-electron chi connectivity index (χ3n) is 4.45. The van der Waals surface area contributed by atoms with Crippen LogP contribution in [0.15, 0.2) is 27.4 Å². The number of halogens is 1. The summed E-state index contributed by atoms with van der Waals surface area (Å²) in [7, 11) is -1.75. The van der Waals surface area contributed by atoms with E-state index < -0.39 is 15.9 Å². The zero-order valence-electron chi connectivity index (χ0n) is 17.0. The second-order valence-corrected chi connectivity index (χ2v) is 12.0. The second kappa shape index (κ2) is 9.92. The van der Waals surface area contributed by atoms with E-state index in [1.165, 1.54) is 33.8 Å². The molecule has 0 aliphatic carbocycles. The van der Waals surface area contributed by atoms with E-state index in [1.807, 2.05) is 7.05 Å². The van der Waals surface area contributed by atoms with Crippen molar-refractivity contribution in [3.8, 4) is 0 Å². The average Bonchev–Trinajstić information content (AvgIpc) is 3.14. The fraction of sp³-hybridized carbons (Fsp3) is 0.500. The van der Waals surface area contributed by atoms with Crippen molar-refractivity contribution in [2.45, 2.75) is 23.1 Å². The molecule has 0 unspecified atom stereocenters. The SMILES string of the molecule is CC(C)CSc1nnc(NC(=O)c2cc(S(=O)(=O)N3CCN(C)CC3)ccc2Cl)s1. The fourth-order valence-electron chi connectivity index (χ4n) is 2.74. The number of carbonyl (C=O) groups is 1. The topological polar surface area (TPSA) is 95.5 Å². The number of nitrogens with one attached hydrogen (secondary N) is 1. The Bertz CT molecular complexity index is 1000. The first kappa shape index (κ1) is 23.4. The number of hydrogen-bond donors (Lipinski definition) is 1. The summed E-state index contributed by atoms with van der Waals surface area (Å²) >= 11 is 9.04. The third kappa shape index (κ3) is 5.71. The van der Waals surface area contributed by atoms with Gasteiger partial charge in [0.1, 0.15) is 0 Å². The van der Waals surface area contributed by atoms with Gasteiger partial charge in [-0.25, -0.2) is 8.42 Å². The third-order valence-corrected chi connectivity index (χ3v) is 9.07. The van der Waals surface area contributed by atoms with Crippen molar-refractivity contribution >= 4 is 55.8 Å². The van der Waals surface area contributed by atoms with Crippen molar-refractivity contribution in [1.29, 1.82) is 0 Å². The van der Waals surface area contributed by atoms with Crippen LogP contribution in [0, 0.1) is 5.92 Å². The van der Waals surface area contributed by atoms with E-state index in [1.54, 1.807) is 11.8 Å². The molecule has 1 aliphatic rings. The van der Waals surface area contributed by atoms with Gasteiger partial charge >= 0.3 is 0 Å². The van der Waals surface area contributed by atoms with Crippen molar-refractivity contribution in [2.24, 2.45) is 5.92 Å². The van der Waals surface area contributed by atoms with E-state index in [0.717, 1.165) is 10.1 Å². The lowest BCUT2D eigenvalue weighted by atomic mass is 10.2. The molecule has 0 bridgehead atoms. The van der Waals surface area contributed by atoms with Gasteiger partial charge in [0.2, 0.25) is 15.2 Å². The standard InChI is InChI=1S/C18H24ClN5O3S3/c1-12(2)11-28-18-22-21-17(29-18)20-16(25)14-10-13(4-5-15(14)19)30(26,27)24-8-6-23(3)7-9-24/h4-5,10,12H,6-9,11H2,1-3H3,(H,20,21,25). The van der Waals surface area contributed by atoms with Crippen molar-refractivity contribution in [2.75, 3.05) is 44.3 Å². The number of carbonyl (C=O) groups excluding carboxylic acids is 1. The van der Waals surface area contributed by atoms with E-state index in [-0.39, 0.29) is 15.5 Å². The zero-order chi connectivity index (χ0) is 21.9. The number of thioether (sulfide) groups is 1. The average molecular weight is 490 g/mol. The van der Waals surface area contributed by atoms with Gasteiger partial charge in [-0.1, -0.05) is 48.5 Å². The molecule has 164 valence electrons. The van der Waals surface area contributed by atoms with Crippen LogP contribution in [-0.4, -0.2) is 72.7 Å². The number of hydrogen-bond acceptors (Lipinski definition) is 8. The quantitative estimate of drug-likeness (QED) is 0.471. The summed E-state index contributed by atoms with van der Waals surface area (Å²) in [6, 6.07) is 4.18. The summed E-state index contributed by atoms with van der Waals surface area (Å²) in [5.74, 6) is 0.897. The van der Waals surface area contributed by atoms with Crippen LogP contribution in [0.5, 0.6) is 0 Å². The number of aromatic nitrogens is 2. The summed E-state index contributed by atoms with van der Waals surface area (Å²) in [5.41, 5.74) is 0.0819. The molecule has 1 aromatic carbocycles. The van der Waals surface area contributed by atoms with E-state index >= 15 is 0 Å². The summed E-state index contributed by atoms with van der Waals surface area (Å²) in [6.07, 6.45) is 0. The summed E-state index contributed by atoms with van der Waals surface area (Å²) in [5, 5.41) is 11.2. The van der Waals surface area contributed by atoms with Crippen LogP contribution in [0.25, 0.3) is 0 Å². The molecule has 2 heterocycles. The van der Waals surface area contributed by atoms with Crippen molar-refractivity contribution in [3.63, 3.8) is 0 Å². The molecule has 1 fully saturated rings. The lowest BCUT2D eigenvalue weighted by molar-refractivity contribution is 0.102. The summed E-state index contributed by atoms with van der Waals surface area (Å²) in [6.45, 7) is 6.36. The predicted octanol–water partition coefficient (Wildman–Crippen LogP) is 3.13. The second-order valence-electron chi connectivity index (χ2n) is 7.38. The Morgan fingerprint density at radius 2 is 1.97 bits per heavy atom. The number of benzene rings is 1. The maximum Gasteiger partial charge on any atom is 0.259 e. The molecule has 0 atom stereocenters. The Balaban J connectivity index is 1.75. The highest BCUT2D eigenvalue weighted by atomic mass is 35.5. The van der Waals surface area contributed by atoms with Gasteiger partial charge in [0.05, 0.1) is 15.5 Å². The van der Waals surface area contributed by atoms with Gasteiger partial charge in [-0.05, 0) is 31.2 Å². The van der Waals surface area contributed by atoms with E-state index in [2.05, 4.69) is 34.3 Å². The Kier molecular flexibility index (Phi) is 7.75. The largest absolute Gasteiger partial charge is 0.304 e. The number of rotatable bonds is 7. The molecule has 1 aliphatic heterocycles. The molecule has 1 N–H and O–H groups in total. The first-order valence-electron chi connectivity index (χ1n) is 9.42. The Morgan fingerprint density at radius 1 is 1.27 bits per heavy atom. The van der Waals surface area contributed by atoms with Gasteiger partial charge in [0.25, 0.3) is 5.91 Å². The summed E-state index contributed by atoms with van der Waals surface area (Å²) < 4.78 is 28.1. The molecule has 8 nitrogen and oxygen atoms in total. The molecule has 12 heteroatoms. The van der Waals surface area contributed by atoms with E-state index in [0.29, 0.717) is 37.2 Å². The highest BCUT2D eigenvalue weighted by Crippen LogP contribution is 2.28. The minimum absolute atomic E-state index is 0.0482. The Hall–Kier alpha value is -1.24. The van der Waals surface area contributed by atoms with Crippen molar-refractivity contribution in [3.05, 3.63) is 28.8 Å². The lowest BCUT2D eigenvalue weighted by Crippen LogP contribution is -2.47. The molecule has 2 aromatic rings. The molecule has 1 saturated heterocycles. The Labute approximate surface area is 190 Å². The first-order chi connectivity index (χ1) is 14.2. The number of amides is 1. The van der Waals surface area contributed by atoms with E-state index in [9.17, 15) is 13.2 Å². The Morgan fingerprint density at radius 3 is 2.63 bits per heavy atom. The number of likely N-dealkylation sites (N-methyl/N-ethyl adjacent to an activating group) is 1. The molecule has 0 radical (unpaired) electrons. The monoisotopic (exact) mass is 489 g/mol. The van der Waals surface area contributed by atoms with Crippen LogP contribution in [0.3, 0.4) is 0 Å². The van der Waals surface area contributed by atoms with Gasteiger partial charge in [-0.2, -0.15) is 4.31 Å². The summed E-state index contributed by atoms with van der Waals surface area (Å²) in [4.78, 5) is 14.9. The number of anilines is 1. The molecule has 3 rings (SSSR count). The van der Waals surface area contributed by atoms with Gasteiger partial charge in [-0.3, -0.25) is 10.1 Å². The fourth-order valence-corrected chi connectivity index (χ4v) is 6.11. The minimum atomic E-state index is -3.70. The molecule has 30 heavy (non-hydrogen) atoms. The van der Waals surface area contributed by atoms with Gasteiger partial charge in [0, 0.05) is 31.9 Å². The molecule has 1 aromatic heterocycles. The van der Waals surface area contributed by atoms with Gasteiger partial charge < -0.3 is 4.90 Å². The number of sulfonamides is 1. The normalized spacial score (nSPS) is 16.2. The molecule has 0 spiro atoms. The minimum Gasteiger partial charge on any atom is -0.304 e.